The number of fused-ring (bicyclic) bond motifs is 1. The fourth-order valence-corrected chi connectivity index (χ4v) is 3.89. The number of H-pyrrole nitrogens is 1. The first kappa shape index (κ1) is 20.3. The lowest BCUT2D eigenvalue weighted by atomic mass is 10.1. The summed E-state index contributed by atoms with van der Waals surface area (Å²) in [6.07, 6.45) is 6.86. The number of Topliss-reactive ketones (excluding diaryl/α,β-unsaturated/α-hetero) is 1. The van der Waals surface area contributed by atoms with Crippen LogP contribution < -0.4 is 4.90 Å². The van der Waals surface area contributed by atoms with Crippen molar-refractivity contribution in [3.05, 3.63) is 60.1 Å². The van der Waals surface area contributed by atoms with Crippen molar-refractivity contribution in [3.63, 3.8) is 0 Å². The first-order chi connectivity index (χ1) is 16.1. The Balaban J connectivity index is 1.37. The molecule has 0 atom stereocenters. The smallest absolute Gasteiger partial charge is 0.295 e. The molecular formula is C21H16FN9O2. The van der Waals surface area contributed by atoms with Crippen molar-refractivity contribution in [1.82, 2.24) is 34.8 Å². The summed E-state index contributed by atoms with van der Waals surface area (Å²) in [7, 11) is 0. The van der Waals surface area contributed by atoms with Gasteiger partial charge in [-0.25, -0.2) is 19.0 Å². The fourth-order valence-electron chi connectivity index (χ4n) is 3.89. The molecule has 1 saturated heterocycles. The Morgan fingerprint density at radius 1 is 1.12 bits per heavy atom. The lowest BCUT2D eigenvalue weighted by molar-refractivity contribution is -0.126. The molecule has 0 unspecified atom stereocenters. The Bertz CT molecular complexity index is 1400. The number of nitrogens with one attached hydrogen (secondary N) is 1. The van der Waals surface area contributed by atoms with Gasteiger partial charge in [-0.3, -0.25) is 9.59 Å². The molecule has 0 aromatic carbocycles. The number of hydrogen-bond donors (Lipinski definition) is 1. The molecule has 164 valence electrons. The van der Waals surface area contributed by atoms with Crippen molar-refractivity contribution in [2.75, 3.05) is 31.1 Å². The SMILES string of the molecule is N#Cc1cccnc1N1CCN(C(=O)C(=O)c2c[nH]c3c(-n4ccnn4)ncc(F)c23)CC1. The first-order valence-electron chi connectivity index (χ1n) is 10.0. The number of anilines is 1. The number of piperazine rings is 1. The molecule has 0 radical (unpaired) electrons. The fraction of sp³-hybridized carbons (Fsp3) is 0.190. The summed E-state index contributed by atoms with van der Waals surface area (Å²) in [6, 6.07) is 5.47. The van der Waals surface area contributed by atoms with E-state index in [1.165, 1.54) is 28.2 Å². The van der Waals surface area contributed by atoms with Gasteiger partial charge < -0.3 is 14.8 Å². The second kappa shape index (κ2) is 8.12. The predicted molar refractivity (Wildman–Crippen MR) is 113 cm³/mol. The number of rotatable bonds is 4. The van der Waals surface area contributed by atoms with Crippen LogP contribution in [0.3, 0.4) is 0 Å². The summed E-state index contributed by atoms with van der Waals surface area (Å²) in [5.41, 5.74) is 0.607. The quantitative estimate of drug-likeness (QED) is 0.364. The molecule has 1 aliphatic heterocycles. The van der Waals surface area contributed by atoms with Gasteiger partial charge in [-0.1, -0.05) is 5.21 Å². The van der Waals surface area contributed by atoms with Crippen molar-refractivity contribution in [2.24, 2.45) is 0 Å². The maximum Gasteiger partial charge on any atom is 0.295 e. The van der Waals surface area contributed by atoms with Crippen LogP contribution in [-0.4, -0.2) is 72.7 Å². The third-order valence-corrected chi connectivity index (χ3v) is 5.49. The minimum atomic E-state index is -0.820. The van der Waals surface area contributed by atoms with E-state index in [4.69, 9.17) is 0 Å². The van der Waals surface area contributed by atoms with Gasteiger partial charge in [0.25, 0.3) is 11.7 Å². The molecule has 1 amide bonds. The van der Waals surface area contributed by atoms with Gasteiger partial charge in [0, 0.05) is 38.6 Å². The molecule has 5 rings (SSSR count). The number of amides is 1. The van der Waals surface area contributed by atoms with E-state index in [0.717, 1.165) is 6.20 Å². The van der Waals surface area contributed by atoms with Gasteiger partial charge in [-0.2, -0.15) is 5.26 Å². The molecule has 1 aliphatic rings. The third kappa shape index (κ3) is 3.45. The van der Waals surface area contributed by atoms with E-state index in [2.05, 4.69) is 31.3 Å². The second-order valence-corrected chi connectivity index (χ2v) is 7.32. The van der Waals surface area contributed by atoms with Crippen molar-refractivity contribution < 1.29 is 14.0 Å². The van der Waals surface area contributed by atoms with Gasteiger partial charge in [-0.05, 0) is 12.1 Å². The van der Waals surface area contributed by atoms with E-state index < -0.39 is 17.5 Å². The molecule has 1 fully saturated rings. The van der Waals surface area contributed by atoms with E-state index in [-0.39, 0.29) is 35.4 Å². The number of halogens is 1. The molecule has 1 N–H and O–H groups in total. The number of nitrogens with zero attached hydrogens (tertiary/aromatic N) is 8. The van der Waals surface area contributed by atoms with Crippen LogP contribution in [0.15, 0.2) is 43.1 Å². The minimum Gasteiger partial charge on any atom is -0.357 e. The van der Waals surface area contributed by atoms with Crippen LogP contribution >= 0.6 is 0 Å². The van der Waals surface area contributed by atoms with E-state index in [1.54, 1.807) is 18.3 Å². The predicted octanol–water partition coefficient (Wildman–Crippen LogP) is 1.08. The Morgan fingerprint density at radius 2 is 1.94 bits per heavy atom. The highest BCUT2D eigenvalue weighted by molar-refractivity contribution is 6.45. The number of carbonyl (C=O) groups is 2. The maximum absolute atomic E-state index is 14.6. The van der Waals surface area contributed by atoms with Crippen LogP contribution in [0.4, 0.5) is 10.2 Å². The number of aromatic amines is 1. The summed E-state index contributed by atoms with van der Waals surface area (Å²) >= 11 is 0. The lowest BCUT2D eigenvalue weighted by Gasteiger charge is -2.35. The van der Waals surface area contributed by atoms with Gasteiger partial charge in [0.15, 0.2) is 11.6 Å². The monoisotopic (exact) mass is 445 g/mol. The highest BCUT2D eigenvalue weighted by Gasteiger charge is 2.30. The normalized spacial score (nSPS) is 13.8. The van der Waals surface area contributed by atoms with Crippen LogP contribution in [0.5, 0.6) is 0 Å². The van der Waals surface area contributed by atoms with Crippen molar-refractivity contribution >= 4 is 28.4 Å². The number of aromatic nitrogens is 6. The summed E-state index contributed by atoms with van der Waals surface area (Å²) in [6.45, 7) is 1.35. The van der Waals surface area contributed by atoms with E-state index >= 15 is 0 Å². The van der Waals surface area contributed by atoms with Crippen LogP contribution in [0.2, 0.25) is 0 Å². The lowest BCUT2D eigenvalue weighted by Crippen LogP contribution is -2.51. The zero-order chi connectivity index (χ0) is 22.9. The van der Waals surface area contributed by atoms with Crippen LogP contribution in [0, 0.1) is 17.1 Å². The highest BCUT2D eigenvalue weighted by Crippen LogP contribution is 2.26. The van der Waals surface area contributed by atoms with Crippen LogP contribution in [0.1, 0.15) is 15.9 Å². The average Bonchev–Trinajstić information content (AvgIpc) is 3.55. The molecule has 0 bridgehead atoms. The Labute approximate surface area is 186 Å². The summed E-state index contributed by atoms with van der Waals surface area (Å²) < 4.78 is 16.0. The van der Waals surface area contributed by atoms with Gasteiger partial charge in [0.2, 0.25) is 0 Å². The molecule has 5 heterocycles. The van der Waals surface area contributed by atoms with E-state index in [1.807, 2.05) is 4.90 Å². The van der Waals surface area contributed by atoms with Gasteiger partial charge >= 0.3 is 0 Å². The zero-order valence-corrected chi connectivity index (χ0v) is 17.1. The van der Waals surface area contributed by atoms with Gasteiger partial charge in [-0.15, -0.1) is 5.10 Å². The molecular weight excluding hydrogens is 429 g/mol. The summed E-state index contributed by atoms with van der Waals surface area (Å²) in [5, 5.41) is 16.8. The zero-order valence-electron chi connectivity index (χ0n) is 17.1. The highest BCUT2D eigenvalue weighted by atomic mass is 19.1. The topological polar surface area (TPSA) is 137 Å². The standard InChI is InChI=1S/C21H16FN9O2/c22-15-12-26-20(31-5-4-27-28-31)17-16(15)14(11-25-17)18(32)21(33)30-8-6-29(7-9-30)19-13(10-23)2-1-3-24-19/h1-5,11-12,25H,6-9H2. The Kier molecular flexibility index (Phi) is 4.98. The van der Waals surface area contributed by atoms with Crippen molar-refractivity contribution in [1.29, 1.82) is 5.26 Å². The molecule has 12 heteroatoms. The largest absolute Gasteiger partial charge is 0.357 e. The van der Waals surface area contributed by atoms with E-state index in [9.17, 15) is 19.2 Å². The van der Waals surface area contributed by atoms with Crippen molar-refractivity contribution in [2.45, 2.75) is 0 Å². The number of hydrogen-bond acceptors (Lipinski definition) is 8. The van der Waals surface area contributed by atoms with Crippen LogP contribution in [0.25, 0.3) is 16.7 Å². The Hall–Kier alpha value is -4.66. The number of carbonyl (C=O) groups excluding carboxylic acids is 2. The summed E-state index contributed by atoms with van der Waals surface area (Å²) in [5.74, 6) is -1.47. The molecule has 0 aliphatic carbocycles. The van der Waals surface area contributed by atoms with Crippen molar-refractivity contribution in [3.8, 4) is 11.9 Å². The number of nitriles is 1. The summed E-state index contributed by atoms with van der Waals surface area (Å²) in [4.78, 5) is 40.4. The molecule has 0 spiro atoms. The second-order valence-electron chi connectivity index (χ2n) is 7.32. The first-order valence-corrected chi connectivity index (χ1v) is 10.0. The molecule has 33 heavy (non-hydrogen) atoms. The number of pyridine rings is 2. The van der Waals surface area contributed by atoms with Gasteiger partial charge in [0.1, 0.15) is 11.9 Å². The molecule has 11 nitrogen and oxygen atoms in total. The molecule has 0 saturated carbocycles. The Morgan fingerprint density at radius 3 is 2.67 bits per heavy atom. The van der Waals surface area contributed by atoms with Gasteiger partial charge in [0.05, 0.1) is 40.6 Å². The van der Waals surface area contributed by atoms with E-state index in [0.29, 0.717) is 24.5 Å². The van der Waals surface area contributed by atoms with Crippen LogP contribution in [-0.2, 0) is 4.79 Å². The maximum atomic E-state index is 14.6. The third-order valence-electron chi connectivity index (χ3n) is 5.49. The minimum absolute atomic E-state index is 0.0281. The number of ketones is 1. The average molecular weight is 445 g/mol. The molecule has 4 aromatic rings. The molecule has 4 aromatic heterocycles.